The first kappa shape index (κ1) is 12.8. The summed E-state index contributed by atoms with van der Waals surface area (Å²) in [6.45, 7) is 0. The van der Waals surface area contributed by atoms with E-state index < -0.39 is 10.9 Å². The average molecular weight is 241 g/mol. The summed E-state index contributed by atoms with van der Waals surface area (Å²) in [5.41, 5.74) is -0.330. The topological polar surface area (TPSA) is 87.9 Å². The molecule has 0 fully saturated rings. The molecule has 0 saturated carbocycles. The fraction of sp³-hybridized carbons (Fsp3) is 0.300. The predicted molar refractivity (Wildman–Crippen MR) is 57.5 cm³/mol. The number of rotatable bonds is 4. The van der Waals surface area contributed by atoms with E-state index in [4.69, 9.17) is 9.47 Å². The van der Waals surface area contributed by atoms with Gasteiger partial charge in [-0.25, -0.2) is 4.79 Å². The van der Waals surface area contributed by atoms with Gasteiger partial charge in [-0.1, -0.05) is 0 Å². The average Bonchev–Trinajstić information content (AvgIpc) is 2.35. The summed E-state index contributed by atoms with van der Waals surface area (Å²) in [5, 5.41) is 10.7. The van der Waals surface area contributed by atoms with Crippen LogP contribution in [0.5, 0.6) is 11.5 Å². The Bertz CT molecular complexity index is 456. The first-order chi connectivity index (χ1) is 8.04. The summed E-state index contributed by atoms with van der Waals surface area (Å²) >= 11 is 0. The number of methoxy groups -OCH3 is 3. The molecule has 0 N–H and O–H groups in total. The molecule has 92 valence electrons. The zero-order chi connectivity index (χ0) is 13.0. The van der Waals surface area contributed by atoms with E-state index in [0.717, 1.165) is 6.07 Å². The minimum atomic E-state index is -0.733. The minimum Gasteiger partial charge on any atom is -0.493 e. The van der Waals surface area contributed by atoms with Gasteiger partial charge in [0.2, 0.25) is 0 Å². The molecular weight excluding hydrogens is 230 g/mol. The fourth-order valence-corrected chi connectivity index (χ4v) is 1.32. The molecule has 7 nitrogen and oxygen atoms in total. The van der Waals surface area contributed by atoms with Crippen LogP contribution in [0.4, 0.5) is 5.69 Å². The van der Waals surface area contributed by atoms with Gasteiger partial charge < -0.3 is 14.2 Å². The molecule has 1 aromatic rings. The van der Waals surface area contributed by atoms with Crippen LogP contribution in [0.25, 0.3) is 0 Å². The van der Waals surface area contributed by atoms with Crippen LogP contribution in [0.3, 0.4) is 0 Å². The highest BCUT2D eigenvalue weighted by Crippen LogP contribution is 2.35. The first-order valence-corrected chi connectivity index (χ1v) is 4.53. The lowest BCUT2D eigenvalue weighted by Gasteiger charge is -2.10. The van der Waals surface area contributed by atoms with E-state index in [1.165, 1.54) is 27.4 Å². The molecule has 17 heavy (non-hydrogen) atoms. The number of non-ortho nitro benzene ring substituents is 1. The van der Waals surface area contributed by atoms with Crippen LogP contribution in [0.1, 0.15) is 10.4 Å². The van der Waals surface area contributed by atoms with E-state index in [0.29, 0.717) is 0 Å². The van der Waals surface area contributed by atoms with Gasteiger partial charge in [-0.2, -0.15) is 0 Å². The van der Waals surface area contributed by atoms with Gasteiger partial charge in [0.25, 0.3) is 5.69 Å². The standard InChI is InChI=1S/C10H11NO6/c1-15-8-5-6(11(13)14)4-7(9(8)16-2)10(12)17-3/h4-5H,1-3H3. The van der Waals surface area contributed by atoms with Crippen molar-refractivity contribution in [1.29, 1.82) is 0 Å². The third-order valence-electron chi connectivity index (χ3n) is 2.08. The molecule has 0 radical (unpaired) electrons. The molecular formula is C10H11NO6. The van der Waals surface area contributed by atoms with E-state index in [1.807, 2.05) is 0 Å². The number of nitro groups is 1. The molecule has 0 saturated heterocycles. The van der Waals surface area contributed by atoms with E-state index >= 15 is 0 Å². The van der Waals surface area contributed by atoms with Crippen molar-refractivity contribution in [3.63, 3.8) is 0 Å². The van der Waals surface area contributed by atoms with Gasteiger partial charge in [0, 0.05) is 6.07 Å². The molecule has 0 aliphatic rings. The molecule has 7 heteroatoms. The van der Waals surface area contributed by atoms with Gasteiger partial charge in [0.1, 0.15) is 5.56 Å². The second-order valence-corrected chi connectivity index (χ2v) is 2.98. The van der Waals surface area contributed by atoms with Crippen molar-refractivity contribution in [2.24, 2.45) is 0 Å². The van der Waals surface area contributed by atoms with Gasteiger partial charge in [0.15, 0.2) is 11.5 Å². The molecule has 0 atom stereocenters. The summed E-state index contributed by atoms with van der Waals surface area (Å²) in [6, 6.07) is 2.25. The first-order valence-electron chi connectivity index (χ1n) is 4.53. The minimum absolute atomic E-state index is 0.0546. The van der Waals surface area contributed by atoms with Crippen molar-refractivity contribution >= 4 is 11.7 Å². The van der Waals surface area contributed by atoms with Crippen molar-refractivity contribution in [3.8, 4) is 11.5 Å². The normalized spacial score (nSPS) is 9.59. The van der Waals surface area contributed by atoms with Crippen LogP contribution in [-0.4, -0.2) is 32.2 Å². The Morgan fingerprint density at radius 1 is 1.24 bits per heavy atom. The maximum atomic E-state index is 11.5. The Balaban J connectivity index is 3.47. The fourth-order valence-electron chi connectivity index (χ4n) is 1.32. The zero-order valence-electron chi connectivity index (χ0n) is 9.55. The number of hydrogen-bond acceptors (Lipinski definition) is 6. The van der Waals surface area contributed by atoms with Gasteiger partial charge in [0.05, 0.1) is 32.3 Å². The Hall–Kier alpha value is -2.31. The Morgan fingerprint density at radius 2 is 1.88 bits per heavy atom. The quantitative estimate of drug-likeness (QED) is 0.449. The van der Waals surface area contributed by atoms with Crippen molar-refractivity contribution < 1.29 is 23.9 Å². The molecule has 0 aliphatic heterocycles. The van der Waals surface area contributed by atoms with Crippen LogP contribution < -0.4 is 9.47 Å². The van der Waals surface area contributed by atoms with Gasteiger partial charge in [-0.05, 0) is 0 Å². The number of esters is 1. The van der Waals surface area contributed by atoms with Gasteiger partial charge in [-0.3, -0.25) is 10.1 Å². The number of carbonyl (C=O) groups excluding carboxylic acids is 1. The third-order valence-corrected chi connectivity index (χ3v) is 2.08. The summed E-state index contributed by atoms with van der Waals surface area (Å²) in [5.74, 6) is -0.532. The van der Waals surface area contributed by atoms with Crippen LogP contribution in [0.2, 0.25) is 0 Å². The lowest BCUT2D eigenvalue weighted by Crippen LogP contribution is -2.06. The number of hydrogen-bond donors (Lipinski definition) is 0. The number of carbonyl (C=O) groups is 1. The SMILES string of the molecule is COC(=O)c1cc([N+](=O)[O-])cc(OC)c1OC. The lowest BCUT2D eigenvalue weighted by molar-refractivity contribution is -0.385. The third kappa shape index (κ3) is 2.44. The highest BCUT2D eigenvalue weighted by atomic mass is 16.6. The van der Waals surface area contributed by atoms with Crippen molar-refractivity contribution in [2.75, 3.05) is 21.3 Å². The highest BCUT2D eigenvalue weighted by molar-refractivity contribution is 5.94. The maximum absolute atomic E-state index is 11.5. The number of nitrogens with zero attached hydrogens (tertiary/aromatic N) is 1. The second-order valence-electron chi connectivity index (χ2n) is 2.98. The largest absolute Gasteiger partial charge is 0.493 e. The molecule has 1 rings (SSSR count). The molecule has 0 unspecified atom stereocenters. The van der Waals surface area contributed by atoms with E-state index in [-0.39, 0.29) is 22.7 Å². The number of ether oxygens (including phenoxy) is 3. The van der Waals surface area contributed by atoms with Gasteiger partial charge in [-0.15, -0.1) is 0 Å². The lowest BCUT2D eigenvalue weighted by atomic mass is 10.1. The monoisotopic (exact) mass is 241 g/mol. The highest BCUT2D eigenvalue weighted by Gasteiger charge is 2.23. The molecule has 0 amide bonds. The second kappa shape index (κ2) is 5.15. The zero-order valence-corrected chi connectivity index (χ0v) is 9.55. The molecule has 1 aromatic carbocycles. The smallest absolute Gasteiger partial charge is 0.342 e. The summed E-state index contributed by atoms with van der Waals surface area (Å²) in [7, 11) is 3.83. The Labute approximate surface area is 97.0 Å². The van der Waals surface area contributed by atoms with Gasteiger partial charge >= 0.3 is 5.97 Å². The molecule has 0 heterocycles. The van der Waals surface area contributed by atoms with E-state index in [2.05, 4.69) is 4.74 Å². The Kier molecular flexibility index (Phi) is 3.86. The van der Waals surface area contributed by atoms with Crippen molar-refractivity contribution in [3.05, 3.63) is 27.8 Å². The molecule has 0 spiro atoms. The Morgan fingerprint density at radius 3 is 2.29 bits per heavy atom. The van der Waals surface area contributed by atoms with Crippen molar-refractivity contribution in [2.45, 2.75) is 0 Å². The van der Waals surface area contributed by atoms with Crippen LogP contribution in [-0.2, 0) is 4.74 Å². The molecule has 0 aromatic heterocycles. The summed E-state index contributed by atoms with van der Waals surface area (Å²) < 4.78 is 14.4. The van der Waals surface area contributed by atoms with E-state index in [9.17, 15) is 14.9 Å². The molecule has 0 aliphatic carbocycles. The van der Waals surface area contributed by atoms with Crippen LogP contribution >= 0.6 is 0 Å². The van der Waals surface area contributed by atoms with Crippen LogP contribution in [0.15, 0.2) is 12.1 Å². The maximum Gasteiger partial charge on any atom is 0.342 e. The van der Waals surface area contributed by atoms with Crippen molar-refractivity contribution in [1.82, 2.24) is 0 Å². The molecule has 0 bridgehead atoms. The van der Waals surface area contributed by atoms with E-state index in [1.54, 1.807) is 0 Å². The summed E-state index contributed by atoms with van der Waals surface area (Å²) in [6.07, 6.45) is 0. The predicted octanol–water partition coefficient (Wildman–Crippen LogP) is 1.40. The number of nitro benzene ring substituents is 1. The summed E-state index contributed by atoms with van der Waals surface area (Å²) in [4.78, 5) is 21.5. The van der Waals surface area contributed by atoms with Crippen LogP contribution in [0, 0.1) is 10.1 Å². The number of benzene rings is 1.